The van der Waals surface area contributed by atoms with E-state index in [1.807, 2.05) is 48.5 Å². The second kappa shape index (κ2) is 6.57. The highest BCUT2D eigenvalue weighted by Crippen LogP contribution is 2.25. The Morgan fingerprint density at radius 1 is 1.08 bits per heavy atom. The zero-order valence-corrected chi connectivity index (χ0v) is 14.7. The van der Waals surface area contributed by atoms with Crippen molar-refractivity contribution in [2.45, 2.75) is 6.92 Å². The first-order valence-corrected chi connectivity index (χ1v) is 8.86. The molecule has 3 aromatic carbocycles. The van der Waals surface area contributed by atoms with Crippen molar-refractivity contribution in [3.8, 4) is 5.75 Å². The zero-order valence-electron chi connectivity index (χ0n) is 13.9. The number of aromatic hydroxyl groups is 1. The third-order valence-electron chi connectivity index (χ3n) is 4.04. The molecule has 26 heavy (non-hydrogen) atoms. The number of fused-ring (bicyclic) bond motifs is 2. The summed E-state index contributed by atoms with van der Waals surface area (Å²) in [5.41, 5.74) is 4.20. The van der Waals surface area contributed by atoms with Crippen LogP contribution < -0.4 is 5.43 Å². The largest absolute Gasteiger partial charge is 0.507 e. The van der Waals surface area contributed by atoms with Gasteiger partial charge in [-0.3, -0.25) is 4.79 Å². The number of benzene rings is 3. The number of nitrogens with one attached hydrogen (secondary N) is 1. The van der Waals surface area contributed by atoms with Crippen molar-refractivity contribution in [1.29, 1.82) is 0 Å². The molecule has 0 saturated carbocycles. The lowest BCUT2D eigenvalue weighted by Gasteiger charge is -2.06. The highest BCUT2D eigenvalue weighted by atomic mass is 32.1. The number of hydrazone groups is 1. The number of phenols is 1. The second-order valence-electron chi connectivity index (χ2n) is 5.84. The summed E-state index contributed by atoms with van der Waals surface area (Å²) < 4.78 is 1.07. The highest BCUT2D eigenvalue weighted by Gasteiger charge is 2.13. The maximum atomic E-state index is 12.4. The minimum absolute atomic E-state index is 0.0750. The van der Waals surface area contributed by atoms with Gasteiger partial charge in [0.05, 0.1) is 21.5 Å². The fraction of sp³-hybridized carbons (Fsp3) is 0.0500. The highest BCUT2D eigenvalue weighted by molar-refractivity contribution is 7.20. The molecule has 5 nitrogen and oxygen atoms in total. The van der Waals surface area contributed by atoms with Gasteiger partial charge in [-0.1, -0.05) is 36.4 Å². The molecule has 0 aliphatic rings. The molecule has 0 radical (unpaired) electrons. The van der Waals surface area contributed by atoms with Crippen LogP contribution in [0.2, 0.25) is 0 Å². The Morgan fingerprint density at radius 3 is 2.54 bits per heavy atom. The Morgan fingerprint density at radius 2 is 1.77 bits per heavy atom. The molecule has 4 aromatic rings. The fourth-order valence-electron chi connectivity index (χ4n) is 2.68. The Kier molecular flexibility index (Phi) is 4.10. The molecule has 1 heterocycles. The molecule has 0 aliphatic carbocycles. The summed E-state index contributed by atoms with van der Waals surface area (Å²) in [6.45, 7) is 1.79. The van der Waals surface area contributed by atoms with Gasteiger partial charge in [-0.2, -0.15) is 5.10 Å². The van der Waals surface area contributed by atoms with Crippen molar-refractivity contribution in [1.82, 2.24) is 10.4 Å². The monoisotopic (exact) mass is 361 g/mol. The molecule has 6 heteroatoms. The lowest BCUT2D eigenvalue weighted by Crippen LogP contribution is -2.19. The topological polar surface area (TPSA) is 74.6 Å². The number of phenolic OH excluding ortho intramolecular Hbond substituents is 1. The molecule has 128 valence electrons. The van der Waals surface area contributed by atoms with Crippen LogP contribution in [0.4, 0.5) is 0 Å². The van der Waals surface area contributed by atoms with E-state index in [1.165, 1.54) is 11.3 Å². The van der Waals surface area contributed by atoms with Gasteiger partial charge < -0.3 is 5.11 Å². The molecule has 2 N–H and O–H groups in total. The summed E-state index contributed by atoms with van der Waals surface area (Å²) >= 11 is 1.52. The zero-order chi connectivity index (χ0) is 18.1. The van der Waals surface area contributed by atoms with Gasteiger partial charge in [-0.05, 0) is 42.0 Å². The Hall–Kier alpha value is -3.25. The van der Waals surface area contributed by atoms with E-state index < -0.39 is 5.91 Å². The van der Waals surface area contributed by atoms with Gasteiger partial charge in [0, 0.05) is 0 Å². The van der Waals surface area contributed by atoms with Gasteiger partial charge in [-0.25, -0.2) is 10.4 Å². The molecular weight excluding hydrogens is 346 g/mol. The first kappa shape index (κ1) is 16.2. The summed E-state index contributed by atoms with van der Waals surface area (Å²) in [4.78, 5) is 16.9. The summed E-state index contributed by atoms with van der Waals surface area (Å²) in [5.74, 6) is -0.539. The van der Waals surface area contributed by atoms with Gasteiger partial charge in [0.15, 0.2) is 0 Å². The Balaban J connectivity index is 1.59. The summed E-state index contributed by atoms with van der Waals surface area (Å²) in [7, 11) is 0. The number of nitrogens with zero attached hydrogens (tertiary/aromatic N) is 2. The first-order valence-electron chi connectivity index (χ1n) is 8.04. The van der Waals surface area contributed by atoms with Crippen molar-refractivity contribution in [2.75, 3.05) is 0 Å². The van der Waals surface area contributed by atoms with E-state index in [0.29, 0.717) is 5.71 Å². The minimum atomic E-state index is -0.464. The number of hydrogen-bond acceptors (Lipinski definition) is 5. The number of amides is 1. The molecule has 0 aliphatic heterocycles. The third-order valence-corrected chi connectivity index (χ3v) is 5.18. The number of hydrogen-bond donors (Lipinski definition) is 2. The van der Waals surface area contributed by atoms with Crippen LogP contribution in [0, 0.1) is 0 Å². The smallest absolute Gasteiger partial charge is 0.275 e. The van der Waals surface area contributed by atoms with E-state index in [0.717, 1.165) is 26.0 Å². The predicted molar refractivity (Wildman–Crippen MR) is 105 cm³/mol. The van der Waals surface area contributed by atoms with E-state index in [2.05, 4.69) is 15.5 Å². The molecule has 0 saturated heterocycles. The number of carbonyl (C=O) groups is 1. The van der Waals surface area contributed by atoms with Gasteiger partial charge >= 0.3 is 0 Å². The van der Waals surface area contributed by atoms with Crippen molar-refractivity contribution in [2.24, 2.45) is 5.10 Å². The van der Waals surface area contributed by atoms with Crippen molar-refractivity contribution >= 4 is 43.9 Å². The van der Waals surface area contributed by atoms with E-state index in [4.69, 9.17) is 0 Å². The molecular formula is C20H15N3O2S. The average molecular weight is 361 g/mol. The molecule has 0 spiro atoms. The van der Waals surface area contributed by atoms with E-state index in [9.17, 15) is 9.90 Å². The quantitative estimate of drug-likeness (QED) is 0.422. The number of para-hydroxylation sites is 1. The number of aromatic nitrogens is 1. The van der Waals surface area contributed by atoms with Crippen LogP contribution in [0.3, 0.4) is 0 Å². The predicted octanol–water partition coefficient (Wildman–Crippen LogP) is 4.31. The molecule has 1 aromatic heterocycles. The van der Waals surface area contributed by atoms with Crippen LogP contribution in [0.15, 0.2) is 65.8 Å². The van der Waals surface area contributed by atoms with E-state index in [-0.39, 0.29) is 11.3 Å². The van der Waals surface area contributed by atoms with Crippen LogP contribution >= 0.6 is 11.3 Å². The van der Waals surface area contributed by atoms with Crippen LogP contribution in [-0.2, 0) is 0 Å². The molecule has 1 amide bonds. The normalized spacial score (nSPS) is 11.8. The van der Waals surface area contributed by atoms with Gasteiger partial charge in [0.25, 0.3) is 5.91 Å². The van der Waals surface area contributed by atoms with E-state index in [1.54, 1.807) is 19.1 Å². The van der Waals surface area contributed by atoms with Crippen LogP contribution in [0.5, 0.6) is 5.75 Å². The SMILES string of the molecule is C/C(=N/NC(=O)c1cc2ccccc2cc1O)c1nc2ccccc2s1. The molecule has 0 bridgehead atoms. The Labute approximate surface area is 153 Å². The maximum Gasteiger partial charge on any atom is 0.275 e. The lowest BCUT2D eigenvalue weighted by molar-refractivity contribution is 0.0952. The number of thiazole rings is 1. The number of rotatable bonds is 3. The lowest BCUT2D eigenvalue weighted by atomic mass is 10.1. The fourth-order valence-corrected chi connectivity index (χ4v) is 3.59. The van der Waals surface area contributed by atoms with Crippen molar-refractivity contribution in [3.05, 3.63) is 71.2 Å². The summed E-state index contributed by atoms with van der Waals surface area (Å²) in [5, 5.41) is 16.8. The first-order chi connectivity index (χ1) is 12.6. The summed E-state index contributed by atoms with van der Waals surface area (Å²) in [6.07, 6.45) is 0. The summed E-state index contributed by atoms with van der Waals surface area (Å²) in [6, 6.07) is 18.6. The molecule has 0 fully saturated rings. The number of carbonyl (C=O) groups excluding carboxylic acids is 1. The van der Waals surface area contributed by atoms with Gasteiger partial charge in [0.2, 0.25) is 0 Å². The molecule has 0 unspecified atom stereocenters. The molecule has 0 atom stereocenters. The standard InChI is InChI=1S/C20H15N3O2S/c1-12(20-21-16-8-4-5-9-18(16)26-20)22-23-19(25)15-10-13-6-2-3-7-14(13)11-17(15)24/h2-11,24H,1H3,(H,23,25)/b22-12-. The van der Waals surface area contributed by atoms with Crippen LogP contribution in [0.25, 0.3) is 21.0 Å². The second-order valence-corrected chi connectivity index (χ2v) is 6.87. The van der Waals surface area contributed by atoms with Crippen molar-refractivity contribution < 1.29 is 9.90 Å². The van der Waals surface area contributed by atoms with Crippen LogP contribution in [0.1, 0.15) is 22.3 Å². The van der Waals surface area contributed by atoms with E-state index >= 15 is 0 Å². The maximum absolute atomic E-state index is 12.4. The minimum Gasteiger partial charge on any atom is -0.507 e. The third kappa shape index (κ3) is 3.02. The van der Waals surface area contributed by atoms with Gasteiger partial charge in [0.1, 0.15) is 10.8 Å². The molecule has 4 rings (SSSR count). The Bertz CT molecular complexity index is 1130. The average Bonchev–Trinajstić information content (AvgIpc) is 3.09. The van der Waals surface area contributed by atoms with Gasteiger partial charge in [-0.15, -0.1) is 11.3 Å². The van der Waals surface area contributed by atoms with Crippen LogP contribution in [-0.4, -0.2) is 21.7 Å². The van der Waals surface area contributed by atoms with Crippen molar-refractivity contribution in [3.63, 3.8) is 0 Å².